The number of hydrogen-bond acceptors (Lipinski definition) is 5. The number of aromatic nitrogens is 1. The molecule has 0 saturated carbocycles. The molecule has 2 heterocycles. The van der Waals surface area contributed by atoms with Gasteiger partial charge in [-0.25, -0.2) is 22.5 Å². The summed E-state index contributed by atoms with van der Waals surface area (Å²) in [6.07, 6.45) is 3.21. The quantitative estimate of drug-likeness (QED) is 0.915. The Labute approximate surface area is 139 Å². The molecule has 1 N–H and O–H groups in total. The van der Waals surface area contributed by atoms with Crippen LogP contribution in [0, 0.1) is 12.7 Å². The molecular weight excluding hydrogens is 337 g/mol. The van der Waals surface area contributed by atoms with E-state index in [4.69, 9.17) is 0 Å². The number of nitrogens with zero attached hydrogens (tertiary/aromatic N) is 2. The molecule has 0 atom stereocenters. The highest BCUT2D eigenvalue weighted by Gasteiger charge is 2.25. The number of benzene rings is 1. The summed E-state index contributed by atoms with van der Waals surface area (Å²) < 4.78 is 40.9. The van der Waals surface area contributed by atoms with Gasteiger partial charge in [-0.1, -0.05) is 0 Å². The van der Waals surface area contributed by atoms with E-state index in [0.29, 0.717) is 5.56 Å². The molecule has 1 aromatic carbocycles. The van der Waals surface area contributed by atoms with E-state index < -0.39 is 15.8 Å². The van der Waals surface area contributed by atoms with Crippen molar-refractivity contribution in [3.63, 3.8) is 0 Å². The molecule has 1 aromatic heterocycles. The molecule has 23 heavy (non-hydrogen) atoms. The molecule has 1 saturated heterocycles. The number of rotatable bonds is 4. The van der Waals surface area contributed by atoms with E-state index in [-0.39, 0.29) is 10.9 Å². The summed E-state index contributed by atoms with van der Waals surface area (Å²) in [5.74, 6) is -0.402. The fraction of sp³-hybridized carbons (Fsp3) is 0.400. The van der Waals surface area contributed by atoms with Crippen LogP contribution < -0.4 is 9.62 Å². The Hall–Kier alpha value is -1.51. The van der Waals surface area contributed by atoms with E-state index >= 15 is 0 Å². The van der Waals surface area contributed by atoms with E-state index in [9.17, 15) is 12.8 Å². The number of nitrogens with one attached hydrogen (secondary N) is 1. The van der Waals surface area contributed by atoms with Gasteiger partial charge in [0, 0.05) is 30.7 Å². The van der Waals surface area contributed by atoms with Crippen molar-refractivity contribution in [2.75, 3.05) is 18.0 Å². The largest absolute Gasteiger partial charge is 0.348 e. The van der Waals surface area contributed by atoms with Crippen LogP contribution in [0.2, 0.25) is 0 Å². The third kappa shape index (κ3) is 3.70. The third-order valence-electron chi connectivity index (χ3n) is 3.95. The highest BCUT2D eigenvalue weighted by atomic mass is 32.2. The van der Waals surface area contributed by atoms with Crippen molar-refractivity contribution in [2.45, 2.75) is 30.7 Å². The number of piperidine rings is 1. The zero-order valence-corrected chi connectivity index (χ0v) is 14.3. The fourth-order valence-corrected chi connectivity index (χ4v) is 4.72. The summed E-state index contributed by atoms with van der Waals surface area (Å²) in [6, 6.07) is 3.74. The van der Waals surface area contributed by atoms with Crippen LogP contribution in [0.15, 0.2) is 34.7 Å². The standard InChI is InChI=1S/C15H18FN3O2S2/c1-11-10-13(2-3-14(11)16)23(20,21)18-12-4-7-19(8-5-12)15-17-6-9-22-15/h2-3,6,9-10,12,18H,4-5,7-8H2,1H3. The molecular formula is C15H18FN3O2S2. The molecule has 0 spiro atoms. The molecule has 5 nitrogen and oxygen atoms in total. The highest BCUT2D eigenvalue weighted by molar-refractivity contribution is 7.89. The van der Waals surface area contributed by atoms with Crippen LogP contribution in [0.5, 0.6) is 0 Å². The summed E-state index contributed by atoms with van der Waals surface area (Å²) in [4.78, 5) is 6.55. The van der Waals surface area contributed by atoms with Gasteiger partial charge in [0.25, 0.3) is 0 Å². The van der Waals surface area contributed by atoms with Gasteiger partial charge in [0.1, 0.15) is 5.82 Å². The maximum atomic E-state index is 13.3. The Balaban J connectivity index is 1.64. The van der Waals surface area contributed by atoms with Gasteiger partial charge in [-0.05, 0) is 43.5 Å². The average molecular weight is 355 g/mol. The molecule has 2 aromatic rings. The third-order valence-corrected chi connectivity index (χ3v) is 6.30. The van der Waals surface area contributed by atoms with Crippen LogP contribution in [0.4, 0.5) is 9.52 Å². The van der Waals surface area contributed by atoms with Crippen LogP contribution in [0.1, 0.15) is 18.4 Å². The van der Waals surface area contributed by atoms with E-state index in [1.807, 2.05) is 5.38 Å². The predicted octanol–water partition coefficient (Wildman–Crippen LogP) is 2.54. The fourth-order valence-electron chi connectivity index (χ4n) is 2.63. The average Bonchev–Trinajstić information content (AvgIpc) is 3.04. The van der Waals surface area contributed by atoms with Crippen molar-refractivity contribution < 1.29 is 12.8 Å². The highest BCUT2D eigenvalue weighted by Crippen LogP contribution is 2.23. The SMILES string of the molecule is Cc1cc(S(=O)(=O)NC2CCN(c3nccs3)CC2)ccc1F. The number of sulfonamides is 1. The number of thiazole rings is 1. The van der Waals surface area contributed by atoms with E-state index in [1.165, 1.54) is 18.2 Å². The molecule has 0 radical (unpaired) electrons. The van der Waals surface area contributed by atoms with Crippen LogP contribution >= 0.6 is 11.3 Å². The zero-order chi connectivity index (χ0) is 16.4. The first-order chi connectivity index (χ1) is 11.0. The summed E-state index contributed by atoms with van der Waals surface area (Å²) in [6.45, 7) is 3.09. The second-order valence-electron chi connectivity index (χ2n) is 5.61. The molecule has 0 bridgehead atoms. The van der Waals surface area contributed by atoms with Crippen LogP contribution in [-0.4, -0.2) is 32.5 Å². The molecule has 1 fully saturated rings. The minimum absolute atomic E-state index is 0.110. The van der Waals surface area contributed by atoms with Gasteiger partial charge in [-0.15, -0.1) is 11.3 Å². The van der Waals surface area contributed by atoms with Crippen molar-refractivity contribution in [1.82, 2.24) is 9.71 Å². The van der Waals surface area contributed by atoms with E-state index in [1.54, 1.807) is 24.5 Å². The van der Waals surface area contributed by atoms with Gasteiger partial charge in [0.15, 0.2) is 5.13 Å². The lowest BCUT2D eigenvalue weighted by molar-refractivity contribution is 0.459. The Kier molecular flexibility index (Phi) is 4.65. The van der Waals surface area contributed by atoms with E-state index in [0.717, 1.165) is 31.1 Å². The smallest absolute Gasteiger partial charge is 0.240 e. The minimum Gasteiger partial charge on any atom is -0.348 e. The zero-order valence-electron chi connectivity index (χ0n) is 12.7. The van der Waals surface area contributed by atoms with E-state index in [2.05, 4.69) is 14.6 Å². The second kappa shape index (κ2) is 6.54. The normalized spacial score (nSPS) is 16.7. The Morgan fingerprint density at radius 3 is 2.70 bits per heavy atom. The van der Waals surface area contributed by atoms with Crippen molar-refractivity contribution in [3.05, 3.63) is 41.2 Å². The van der Waals surface area contributed by atoms with Crippen LogP contribution in [0.25, 0.3) is 0 Å². The summed E-state index contributed by atoms with van der Waals surface area (Å²) in [7, 11) is -3.62. The first kappa shape index (κ1) is 16.4. The molecule has 3 rings (SSSR count). The number of halogens is 1. The van der Waals surface area contributed by atoms with Crippen molar-refractivity contribution >= 4 is 26.5 Å². The molecule has 8 heteroatoms. The lowest BCUT2D eigenvalue weighted by atomic mass is 10.1. The van der Waals surface area contributed by atoms with Crippen molar-refractivity contribution in [3.8, 4) is 0 Å². The van der Waals surface area contributed by atoms with Crippen LogP contribution in [0.3, 0.4) is 0 Å². The Bertz CT molecular complexity index is 770. The lowest BCUT2D eigenvalue weighted by Gasteiger charge is -2.31. The van der Waals surface area contributed by atoms with Crippen molar-refractivity contribution in [1.29, 1.82) is 0 Å². The number of anilines is 1. The number of aryl methyl sites for hydroxylation is 1. The summed E-state index contributed by atoms with van der Waals surface area (Å²) >= 11 is 1.58. The maximum absolute atomic E-state index is 13.3. The van der Waals surface area contributed by atoms with Gasteiger partial charge < -0.3 is 4.90 Å². The Morgan fingerprint density at radius 1 is 1.35 bits per heavy atom. The lowest BCUT2D eigenvalue weighted by Crippen LogP contribution is -2.44. The number of hydrogen-bond donors (Lipinski definition) is 1. The summed E-state index contributed by atoms with van der Waals surface area (Å²) in [5.41, 5.74) is 0.325. The topological polar surface area (TPSA) is 62.3 Å². The van der Waals surface area contributed by atoms with Gasteiger partial charge in [-0.3, -0.25) is 0 Å². The van der Waals surface area contributed by atoms with Crippen LogP contribution in [-0.2, 0) is 10.0 Å². The van der Waals surface area contributed by atoms with Gasteiger partial charge >= 0.3 is 0 Å². The molecule has 0 aliphatic carbocycles. The monoisotopic (exact) mass is 355 g/mol. The first-order valence-corrected chi connectivity index (χ1v) is 9.75. The molecule has 124 valence electrons. The Morgan fingerprint density at radius 2 is 2.09 bits per heavy atom. The summed E-state index contributed by atoms with van der Waals surface area (Å²) in [5, 5.41) is 2.90. The molecule has 0 unspecified atom stereocenters. The minimum atomic E-state index is -3.62. The van der Waals surface area contributed by atoms with Gasteiger partial charge in [0.2, 0.25) is 10.0 Å². The predicted molar refractivity (Wildman–Crippen MR) is 88.8 cm³/mol. The van der Waals surface area contributed by atoms with Gasteiger partial charge in [0.05, 0.1) is 4.90 Å². The second-order valence-corrected chi connectivity index (χ2v) is 8.20. The molecule has 1 aliphatic rings. The van der Waals surface area contributed by atoms with Crippen molar-refractivity contribution in [2.24, 2.45) is 0 Å². The maximum Gasteiger partial charge on any atom is 0.240 e. The molecule has 0 amide bonds. The van der Waals surface area contributed by atoms with Gasteiger partial charge in [-0.2, -0.15) is 0 Å². The molecule has 1 aliphatic heterocycles. The first-order valence-electron chi connectivity index (χ1n) is 7.38.